The highest BCUT2D eigenvalue weighted by atomic mass is 19.3. The summed E-state index contributed by atoms with van der Waals surface area (Å²) in [5, 5.41) is 2.07. The molecule has 0 saturated carbocycles. The monoisotopic (exact) mass is 317 g/mol. The summed E-state index contributed by atoms with van der Waals surface area (Å²) in [6, 6.07) is 4.01. The lowest BCUT2D eigenvalue weighted by molar-refractivity contribution is -0.119. The number of rotatable bonds is 8. The van der Waals surface area contributed by atoms with Gasteiger partial charge in [-0.2, -0.15) is 0 Å². The maximum Gasteiger partial charge on any atom is 0.277 e. The second-order valence-electron chi connectivity index (χ2n) is 4.36. The number of amides is 2. The van der Waals surface area contributed by atoms with Gasteiger partial charge in [0.05, 0.1) is 20.2 Å². The van der Waals surface area contributed by atoms with Gasteiger partial charge >= 0.3 is 0 Å². The highest BCUT2D eigenvalue weighted by Gasteiger charge is 2.27. The Hall–Kier alpha value is -2.42. The van der Waals surface area contributed by atoms with Crippen LogP contribution < -0.4 is 26.3 Å². The van der Waals surface area contributed by atoms with Gasteiger partial charge < -0.3 is 26.3 Å². The molecule has 0 fully saturated rings. The van der Waals surface area contributed by atoms with Crippen LogP contribution in [0.25, 0.3) is 0 Å². The van der Waals surface area contributed by atoms with Crippen molar-refractivity contribution in [3.8, 4) is 11.5 Å². The van der Waals surface area contributed by atoms with E-state index in [0.717, 1.165) is 0 Å². The lowest BCUT2D eigenvalue weighted by atomic mass is 10.2. The van der Waals surface area contributed by atoms with Crippen molar-refractivity contribution in [2.45, 2.75) is 5.92 Å². The Morgan fingerprint density at radius 3 is 2.55 bits per heavy atom. The molecule has 0 saturated heterocycles. The van der Waals surface area contributed by atoms with E-state index in [1.807, 2.05) is 0 Å². The minimum absolute atomic E-state index is 0.0936. The number of hydrogen-bond acceptors (Lipinski definition) is 5. The van der Waals surface area contributed by atoms with Crippen LogP contribution in [-0.4, -0.2) is 44.5 Å². The van der Waals surface area contributed by atoms with E-state index < -0.39 is 30.8 Å². The van der Waals surface area contributed by atoms with Gasteiger partial charge in [0.25, 0.3) is 17.7 Å². The van der Waals surface area contributed by atoms with Crippen molar-refractivity contribution in [1.82, 2.24) is 5.32 Å². The van der Waals surface area contributed by atoms with Gasteiger partial charge in [-0.3, -0.25) is 9.59 Å². The Kier molecular flexibility index (Phi) is 6.05. The third kappa shape index (κ3) is 5.17. The molecule has 0 spiro atoms. The van der Waals surface area contributed by atoms with Crippen molar-refractivity contribution in [2.75, 3.05) is 26.8 Å². The van der Waals surface area contributed by atoms with E-state index in [9.17, 15) is 18.4 Å². The Balaban J connectivity index is 2.79. The van der Waals surface area contributed by atoms with E-state index in [1.165, 1.54) is 25.3 Å². The topological polar surface area (TPSA) is 117 Å². The van der Waals surface area contributed by atoms with E-state index in [0.29, 0.717) is 0 Å². The molecule has 7 nitrogen and oxygen atoms in total. The first-order valence-corrected chi connectivity index (χ1v) is 6.24. The van der Waals surface area contributed by atoms with Crippen molar-refractivity contribution in [2.24, 2.45) is 11.5 Å². The smallest absolute Gasteiger partial charge is 0.277 e. The van der Waals surface area contributed by atoms with E-state index in [-0.39, 0.29) is 23.7 Å². The summed E-state index contributed by atoms with van der Waals surface area (Å²) in [4.78, 5) is 22.5. The Labute approximate surface area is 125 Å². The molecule has 0 aromatic heterocycles. The Bertz CT molecular complexity index is 552. The lowest BCUT2D eigenvalue weighted by Gasteiger charge is -2.15. The number of ether oxygens (including phenoxy) is 2. The third-order valence-electron chi connectivity index (χ3n) is 2.60. The minimum atomic E-state index is -3.18. The molecule has 9 heteroatoms. The van der Waals surface area contributed by atoms with Gasteiger partial charge in [-0.15, -0.1) is 0 Å². The average Bonchev–Trinajstić information content (AvgIpc) is 2.50. The molecule has 1 aromatic rings. The fourth-order valence-corrected chi connectivity index (χ4v) is 1.46. The second kappa shape index (κ2) is 7.55. The highest BCUT2D eigenvalue weighted by molar-refractivity contribution is 5.94. The first-order chi connectivity index (χ1) is 10.3. The van der Waals surface area contributed by atoms with Gasteiger partial charge in [0.1, 0.15) is 0 Å². The Morgan fingerprint density at radius 2 is 2.00 bits per heavy atom. The van der Waals surface area contributed by atoms with Crippen LogP contribution in [0.3, 0.4) is 0 Å². The number of benzene rings is 1. The zero-order valence-corrected chi connectivity index (χ0v) is 11.9. The molecule has 1 rings (SSSR count). The number of primary amides is 1. The van der Waals surface area contributed by atoms with Crippen LogP contribution in [0.5, 0.6) is 11.5 Å². The number of halogens is 2. The SMILES string of the molecule is COc1cc(C(=O)NCC(F)(F)CN)ccc1OCC(N)=O. The standard InChI is InChI=1S/C13H17F2N3O4/c1-21-10-4-8(2-3-9(10)22-5-11(17)19)12(20)18-7-13(14,15)6-16/h2-4H,5-7,16H2,1H3,(H2,17,19)(H,18,20). The van der Waals surface area contributed by atoms with Crippen LogP contribution >= 0.6 is 0 Å². The summed E-state index contributed by atoms with van der Waals surface area (Å²) < 4.78 is 36.1. The van der Waals surface area contributed by atoms with Crippen molar-refractivity contribution >= 4 is 11.8 Å². The van der Waals surface area contributed by atoms with Gasteiger partial charge in [-0.1, -0.05) is 0 Å². The zero-order chi connectivity index (χ0) is 16.8. The maximum atomic E-state index is 13.0. The van der Waals surface area contributed by atoms with Crippen molar-refractivity contribution in [1.29, 1.82) is 0 Å². The molecule has 2 amide bonds. The van der Waals surface area contributed by atoms with Gasteiger partial charge in [0.2, 0.25) is 0 Å². The molecule has 0 aliphatic rings. The molecule has 0 atom stereocenters. The molecular formula is C13H17F2N3O4. The van der Waals surface area contributed by atoms with Gasteiger partial charge in [0, 0.05) is 5.56 Å². The fraction of sp³-hybridized carbons (Fsp3) is 0.385. The summed E-state index contributed by atoms with van der Waals surface area (Å²) >= 11 is 0. The van der Waals surface area contributed by atoms with E-state index in [2.05, 4.69) is 5.32 Å². The van der Waals surface area contributed by atoms with Crippen LogP contribution in [-0.2, 0) is 4.79 Å². The molecule has 0 heterocycles. The van der Waals surface area contributed by atoms with Gasteiger partial charge in [-0.05, 0) is 18.2 Å². The summed E-state index contributed by atoms with van der Waals surface area (Å²) in [5.41, 5.74) is 9.93. The van der Waals surface area contributed by atoms with E-state index in [1.54, 1.807) is 0 Å². The number of carbonyl (C=O) groups is 2. The summed E-state index contributed by atoms with van der Waals surface area (Å²) in [5.74, 6) is -4.20. The van der Waals surface area contributed by atoms with Crippen LogP contribution in [0.4, 0.5) is 8.78 Å². The minimum Gasteiger partial charge on any atom is -0.493 e. The van der Waals surface area contributed by atoms with Gasteiger partial charge in [-0.25, -0.2) is 8.78 Å². The number of nitrogens with two attached hydrogens (primary N) is 2. The molecule has 0 aliphatic carbocycles. The number of methoxy groups -OCH3 is 1. The third-order valence-corrected chi connectivity index (χ3v) is 2.60. The molecule has 0 aliphatic heterocycles. The largest absolute Gasteiger partial charge is 0.493 e. The lowest BCUT2D eigenvalue weighted by Crippen LogP contribution is -2.41. The van der Waals surface area contributed by atoms with Crippen molar-refractivity contribution in [3.63, 3.8) is 0 Å². The molecule has 5 N–H and O–H groups in total. The molecule has 0 radical (unpaired) electrons. The fourth-order valence-electron chi connectivity index (χ4n) is 1.46. The highest BCUT2D eigenvalue weighted by Crippen LogP contribution is 2.28. The van der Waals surface area contributed by atoms with E-state index in [4.69, 9.17) is 20.9 Å². The summed E-state index contributed by atoms with van der Waals surface area (Å²) in [6.07, 6.45) is 0. The van der Waals surface area contributed by atoms with Gasteiger partial charge in [0.15, 0.2) is 18.1 Å². The quantitative estimate of drug-likeness (QED) is 0.618. The summed E-state index contributed by atoms with van der Waals surface area (Å²) in [7, 11) is 1.33. The molecule has 0 unspecified atom stereocenters. The van der Waals surface area contributed by atoms with Crippen LogP contribution in [0.2, 0.25) is 0 Å². The van der Waals surface area contributed by atoms with Crippen LogP contribution in [0.1, 0.15) is 10.4 Å². The number of carbonyl (C=O) groups excluding carboxylic acids is 2. The predicted molar refractivity (Wildman–Crippen MR) is 74.0 cm³/mol. The average molecular weight is 317 g/mol. The zero-order valence-electron chi connectivity index (χ0n) is 11.9. The van der Waals surface area contributed by atoms with E-state index >= 15 is 0 Å². The molecule has 0 bridgehead atoms. The van der Waals surface area contributed by atoms with Crippen molar-refractivity contribution in [3.05, 3.63) is 23.8 Å². The first kappa shape index (κ1) is 17.6. The van der Waals surface area contributed by atoms with Crippen molar-refractivity contribution < 1.29 is 27.8 Å². The predicted octanol–water partition coefficient (Wildman–Crippen LogP) is -0.117. The Morgan fingerprint density at radius 1 is 1.32 bits per heavy atom. The normalized spacial score (nSPS) is 10.9. The van der Waals surface area contributed by atoms with Crippen LogP contribution in [0.15, 0.2) is 18.2 Å². The number of nitrogens with one attached hydrogen (secondary N) is 1. The summed E-state index contributed by atoms with van der Waals surface area (Å²) in [6.45, 7) is -2.09. The molecular weight excluding hydrogens is 300 g/mol. The molecule has 22 heavy (non-hydrogen) atoms. The first-order valence-electron chi connectivity index (χ1n) is 6.24. The maximum absolute atomic E-state index is 13.0. The molecule has 1 aromatic carbocycles. The number of alkyl halides is 2. The second-order valence-corrected chi connectivity index (χ2v) is 4.36. The number of hydrogen-bond donors (Lipinski definition) is 3. The molecule has 122 valence electrons. The van der Waals surface area contributed by atoms with Crippen LogP contribution in [0, 0.1) is 0 Å².